The Labute approximate surface area is 140 Å². The highest BCUT2D eigenvalue weighted by Gasteiger charge is 2.20. The number of ether oxygens (including phenoxy) is 1. The first-order valence-corrected chi connectivity index (χ1v) is 8.80. The molecule has 1 fully saturated rings. The van der Waals surface area contributed by atoms with Crippen molar-refractivity contribution in [3.8, 4) is 5.75 Å². The third kappa shape index (κ3) is 6.61. The lowest BCUT2D eigenvalue weighted by atomic mass is 9.93. The summed E-state index contributed by atoms with van der Waals surface area (Å²) in [6.45, 7) is 6.27. The third-order valence-corrected chi connectivity index (χ3v) is 4.62. The van der Waals surface area contributed by atoms with E-state index in [0.717, 1.165) is 51.3 Å². The topological polar surface area (TPSA) is 41.6 Å². The predicted octanol–water partition coefficient (Wildman–Crippen LogP) is 3.00. The van der Waals surface area contributed by atoms with Crippen LogP contribution in [0.1, 0.15) is 37.7 Å². The molecule has 1 aliphatic rings. The van der Waals surface area contributed by atoms with Crippen LogP contribution < -0.4 is 10.1 Å². The first kappa shape index (κ1) is 17.8. The van der Waals surface area contributed by atoms with Gasteiger partial charge in [-0.2, -0.15) is 0 Å². The average molecular weight is 318 g/mol. The molecule has 0 aliphatic carbocycles. The quantitative estimate of drug-likeness (QED) is 0.749. The first-order valence-electron chi connectivity index (χ1n) is 8.80. The first-order chi connectivity index (χ1) is 11.2. The van der Waals surface area contributed by atoms with Gasteiger partial charge in [0.2, 0.25) is 5.91 Å². The summed E-state index contributed by atoms with van der Waals surface area (Å²) in [7, 11) is 1.72. The van der Waals surface area contributed by atoms with Crippen molar-refractivity contribution < 1.29 is 9.53 Å². The summed E-state index contributed by atoms with van der Waals surface area (Å²) in [6, 6.07) is 8.23. The van der Waals surface area contributed by atoms with Gasteiger partial charge in [0, 0.05) is 13.5 Å². The second-order valence-electron chi connectivity index (χ2n) is 6.53. The highest BCUT2D eigenvalue weighted by molar-refractivity contribution is 5.75. The van der Waals surface area contributed by atoms with Crippen molar-refractivity contribution in [2.75, 3.05) is 33.3 Å². The maximum atomic E-state index is 11.4. The fourth-order valence-corrected chi connectivity index (χ4v) is 3.04. The summed E-state index contributed by atoms with van der Waals surface area (Å²) in [5, 5.41) is 2.72. The standard InChI is InChI=1S/C19H30N2O2/c1-16-5-7-18(8-6-16)23-14-4-3-11-21-12-9-17(10-13-21)15-19(22)20-2/h5-8,17H,3-4,9-15H2,1-2H3,(H,20,22). The van der Waals surface area contributed by atoms with E-state index in [1.54, 1.807) is 7.05 Å². The molecule has 1 aliphatic heterocycles. The largest absolute Gasteiger partial charge is 0.494 e. The zero-order valence-corrected chi connectivity index (χ0v) is 14.5. The number of amides is 1. The molecular weight excluding hydrogens is 288 g/mol. The number of carbonyl (C=O) groups is 1. The molecule has 0 saturated carbocycles. The number of nitrogens with zero attached hydrogens (tertiary/aromatic N) is 1. The van der Waals surface area contributed by atoms with Crippen molar-refractivity contribution in [1.29, 1.82) is 0 Å². The SMILES string of the molecule is CNC(=O)CC1CCN(CCCCOc2ccc(C)cc2)CC1. The summed E-state index contributed by atoms with van der Waals surface area (Å²) in [5.74, 6) is 1.71. The van der Waals surface area contributed by atoms with Gasteiger partial charge in [-0.05, 0) is 70.3 Å². The van der Waals surface area contributed by atoms with Gasteiger partial charge >= 0.3 is 0 Å². The molecule has 0 radical (unpaired) electrons. The summed E-state index contributed by atoms with van der Waals surface area (Å²) in [6.07, 6.45) is 5.24. The third-order valence-electron chi connectivity index (χ3n) is 4.62. The maximum Gasteiger partial charge on any atom is 0.220 e. The summed E-state index contributed by atoms with van der Waals surface area (Å²) >= 11 is 0. The predicted molar refractivity (Wildman–Crippen MR) is 93.8 cm³/mol. The minimum Gasteiger partial charge on any atom is -0.494 e. The molecule has 4 nitrogen and oxygen atoms in total. The molecule has 2 rings (SSSR count). The molecule has 1 saturated heterocycles. The lowest BCUT2D eigenvalue weighted by molar-refractivity contribution is -0.121. The molecule has 0 atom stereocenters. The van der Waals surface area contributed by atoms with Crippen LogP contribution in [-0.4, -0.2) is 44.1 Å². The normalized spacial score (nSPS) is 16.3. The molecule has 128 valence electrons. The summed E-state index contributed by atoms with van der Waals surface area (Å²) < 4.78 is 5.76. The van der Waals surface area contributed by atoms with Crippen molar-refractivity contribution >= 4 is 5.91 Å². The minimum atomic E-state index is 0.178. The van der Waals surface area contributed by atoms with E-state index in [1.165, 1.54) is 12.0 Å². The van der Waals surface area contributed by atoms with Crippen LogP contribution in [0.5, 0.6) is 5.75 Å². The number of rotatable bonds is 8. The highest BCUT2D eigenvalue weighted by atomic mass is 16.5. The van der Waals surface area contributed by atoms with Gasteiger partial charge in [-0.25, -0.2) is 0 Å². The van der Waals surface area contributed by atoms with Crippen molar-refractivity contribution in [3.05, 3.63) is 29.8 Å². The second kappa shape index (κ2) is 9.56. The van der Waals surface area contributed by atoms with Crippen LogP contribution in [0.3, 0.4) is 0 Å². The molecule has 0 bridgehead atoms. The Morgan fingerprint density at radius 2 is 1.91 bits per heavy atom. The van der Waals surface area contributed by atoms with Crippen LogP contribution in [0, 0.1) is 12.8 Å². The van der Waals surface area contributed by atoms with E-state index in [9.17, 15) is 4.79 Å². The molecule has 0 unspecified atom stereocenters. The number of unbranched alkanes of at least 4 members (excludes halogenated alkanes) is 1. The van der Waals surface area contributed by atoms with Crippen LogP contribution in [0.25, 0.3) is 0 Å². The molecule has 1 aromatic carbocycles. The maximum absolute atomic E-state index is 11.4. The van der Waals surface area contributed by atoms with Crippen LogP contribution >= 0.6 is 0 Å². The molecule has 1 heterocycles. The monoisotopic (exact) mass is 318 g/mol. The lowest BCUT2D eigenvalue weighted by Crippen LogP contribution is -2.36. The van der Waals surface area contributed by atoms with Gasteiger partial charge in [-0.3, -0.25) is 4.79 Å². The lowest BCUT2D eigenvalue weighted by Gasteiger charge is -2.31. The second-order valence-corrected chi connectivity index (χ2v) is 6.53. The Hall–Kier alpha value is -1.55. The van der Waals surface area contributed by atoms with Crippen LogP contribution in [0.2, 0.25) is 0 Å². The number of carbonyl (C=O) groups excluding carboxylic acids is 1. The van der Waals surface area contributed by atoms with Crippen molar-refractivity contribution in [1.82, 2.24) is 10.2 Å². The number of piperidine rings is 1. The van der Waals surface area contributed by atoms with Crippen molar-refractivity contribution in [3.63, 3.8) is 0 Å². The Bertz CT molecular complexity index is 465. The number of hydrogen-bond acceptors (Lipinski definition) is 3. The van der Waals surface area contributed by atoms with Gasteiger partial charge in [-0.1, -0.05) is 17.7 Å². The van der Waals surface area contributed by atoms with Gasteiger partial charge < -0.3 is 15.0 Å². The molecule has 0 aromatic heterocycles. The molecule has 1 N–H and O–H groups in total. The van der Waals surface area contributed by atoms with E-state index in [4.69, 9.17) is 4.74 Å². The highest BCUT2D eigenvalue weighted by Crippen LogP contribution is 2.20. The molecule has 0 spiro atoms. The van der Waals surface area contributed by atoms with E-state index >= 15 is 0 Å². The average Bonchev–Trinajstić information content (AvgIpc) is 2.57. The van der Waals surface area contributed by atoms with Crippen LogP contribution in [0.15, 0.2) is 24.3 Å². The summed E-state index contributed by atoms with van der Waals surface area (Å²) in [5.41, 5.74) is 1.26. The van der Waals surface area contributed by atoms with Gasteiger partial charge in [0.1, 0.15) is 5.75 Å². The van der Waals surface area contributed by atoms with E-state index in [-0.39, 0.29) is 5.91 Å². The zero-order chi connectivity index (χ0) is 16.5. The van der Waals surface area contributed by atoms with E-state index in [0.29, 0.717) is 12.3 Å². The molecule has 1 amide bonds. The fraction of sp³-hybridized carbons (Fsp3) is 0.632. The molecule has 23 heavy (non-hydrogen) atoms. The number of benzene rings is 1. The number of likely N-dealkylation sites (tertiary alicyclic amines) is 1. The van der Waals surface area contributed by atoms with Crippen molar-refractivity contribution in [2.24, 2.45) is 5.92 Å². The van der Waals surface area contributed by atoms with Crippen LogP contribution in [0.4, 0.5) is 0 Å². The van der Waals surface area contributed by atoms with Gasteiger partial charge in [0.25, 0.3) is 0 Å². The Morgan fingerprint density at radius 3 is 2.57 bits per heavy atom. The van der Waals surface area contributed by atoms with Crippen LogP contribution in [-0.2, 0) is 4.79 Å². The molecular formula is C19H30N2O2. The smallest absolute Gasteiger partial charge is 0.220 e. The Kier molecular flexibility index (Phi) is 7.40. The van der Waals surface area contributed by atoms with Crippen molar-refractivity contribution in [2.45, 2.75) is 39.0 Å². The molecule has 4 heteroatoms. The Morgan fingerprint density at radius 1 is 1.22 bits per heavy atom. The van der Waals surface area contributed by atoms with E-state index in [2.05, 4.69) is 29.3 Å². The van der Waals surface area contributed by atoms with E-state index < -0.39 is 0 Å². The number of aryl methyl sites for hydroxylation is 1. The van der Waals surface area contributed by atoms with Gasteiger partial charge in [0.15, 0.2) is 0 Å². The summed E-state index contributed by atoms with van der Waals surface area (Å²) in [4.78, 5) is 13.9. The molecule has 1 aromatic rings. The zero-order valence-electron chi connectivity index (χ0n) is 14.5. The van der Waals surface area contributed by atoms with E-state index in [1.807, 2.05) is 12.1 Å². The number of hydrogen-bond donors (Lipinski definition) is 1. The fourth-order valence-electron chi connectivity index (χ4n) is 3.04. The number of nitrogens with one attached hydrogen (secondary N) is 1. The Balaban J connectivity index is 1.52. The minimum absolute atomic E-state index is 0.178. The van der Waals surface area contributed by atoms with Gasteiger partial charge in [0.05, 0.1) is 6.61 Å². The van der Waals surface area contributed by atoms with Gasteiger partial charge in [-0.15, -0.1) is 0 Å².